The maximum Gasteiger partial charge on any atom is 0.273 e. The Morgan fingerprint density at radius 1 is 1.19 bits per heavy atom. The van der Waals surface area contributed by atoms with Gasteiger partial charge >= 0.3 is 0 Å². The Labute approximate surface area is 151 Å². The first-order chi connectivity index (χ1) is 12.8. The Balaban J connectivity index is 1.27. The van der Waals surface area contributed by atoms with Crippen LogP contribution in [-0.4, -0.2) is 35.7 Å². The first-order valence-corrected chi connectivity index (χ1v) is 8.73. The number of pyridine rings is 1. The van der Waals surface area contributed by atoms with Crippen LogP contribution in [0.25, 0.3) is 11.5 Å². The molecule has 1 saturated heterocycles. The summed E-state index contributed by atoms with van der Waals surface area (Å²) >= 11 is 0. The second-order valence-corrected chi connectivity index (χ2v) is 6.40. The fourth-order valence-electron chi connectivity index (χ4n) is 3.19. The summed E-state index contributed by atoms with van der Waals surface area (Å²) in [7, 11) is 0. The molecule has 0 saturated carbocycles. The number of hydrogen-bond acceptors (Lipinski definition) is 6. The maximum absolute atomic E-state index is 12.3. The van der Waals surface area contributed by atoms with Crippen LogP contribution in [0.15, 0.2) is 57.9 Å². The zero-order valence-electron chi connectivity index (χ0n) is 14.3. The lowest BCUT2D eigenvalue weighted by molar-refractivity contribution is 0.0936. The topological polar surface area (TPSA) is 84.4 Å². The van der Waals surface area contributed by atoms with Gasteiger partial charge < -0.3 is 19.2 Å². The molecule has 26 heavy (non-hydrogen) atoms. The van der Waals surface area contributed by atoms with E-state index in [1.165, 1.54) is 5.69 Å². The summed E-state index contributed by atoms with van der Waals surface area (Å²) in [6, 6.07) is 9.18. The highest BCUT2D eigenvalue weighted by atomic mass is 16.5. The molecule has 4 rings (SSSR count). The van der Waals surface area contributed by atoms with Crippen LogP contribution in [0, 0.1) is 5.92 Å². The van der Waals surface area contributed by atoms with Gasteiger partial charge in [0.2, 0.25) is 5.76 Å². The number of anilines is 1. The summed E-state index contributed by atoms with van der Waals surface area (Å²) in [6.45, 7) is 2.61. The number of carbonyl (C=O) groups is 1. The van der Waals surface area contributed by atoms with Gasteiger partial charge in [-0.25, -0.2) is 0 Å². The van der Waals surface area contributed by atoms with Gasteiger partial charge in [-0.2, -0.15) is 0 Å². The molecule has 134 valence electrons. The summed E-state index contributed by atoms with van der Waals surface area (Å²) in [6.07, 6.45) is 7.27. The Morgan fingerprint density at radius 2 is 2.00 bits per heavy atom. The van der Waals surface area contributed by atoms with Gasteiger partial charge in [0, 0.05) is 43.8 Å². The van der Waals surface area contributed by atoms with E-state index >= 15 is 0 Å². The van der Waals surface area contributed by atoms with Crippen molar-refractivity contribution in [1.29, 1.82) is 0 Å². The smallest absolute Gasteiger partial charge is 0.273 e. The summed E-state index contributed by atoms with van der Waals surface area (Å²) in [5.41, 5.74) is 1.47. The van der Waals surface area contributed by atoms with Crippen molar-refractivity contribution in [2.75, 3.05) is 24.5 Å². The molecule has 3 aromatic heterocycles. The molecule has 7 heteroatoms. The van der Waals surface area contributed by atoms with E-state index in [0.29, 0.717) is 24.0 Å². The molecule has 4 heterocycles. The van der Waals surface area contributed by atoms with Crippen LogP contribution in [0.3, 0.4) is 0 Å². The summed E-state index contributed by atoms with van der Waals surface area (Å²) in [5, 5.41) is 6.79. The number of hydrogen-bond donors (Lipinski definition) is 1. The highest BCUT2D eigenvalue weighted by molar-refractivity contribution is 5.92. The molecular weight excluding hydrogens is 332 g/mol. The van der Waals surface area contributed by atoms with Gasteiger partial charge in [-0.1, -0.05) is 5.16 Å². The largest absolute Gasteiger partial charge is 0.461 e. The summed E-state index contributed by atoms with van der Waals surface area (Å²) in [5.74, 6) is 1.25. The van der Waals surface area contributed by atoms with Gasteiger partial charge in [0.25, 0.3) is 5.91 Å². The van der Waals surface area contributed by atoms with Gasteiger partial charge in [0.15, 0.2) is 11.5 Å². The number of nitrogens with one attached hydrogen (secondary N) is 1. The number of aromatic nitrogens is 2. The Hall–Kier alpha value is -3.09. The van der Waals surface area contributed by atoms with Crippen LogP contribution >= 0.6 is 0 Å². The van der Waals surface area contributed by atoms with Gasteiger partial charge in [-0.05, 0) is 43.0 Å². The Bertz CT molecular complexity index is 837. The quantitative estimate of drug-likeness (QED) is 0.760. The highest BCUT2D eigenvalue weighted by Gasteiger charge is 2.21. The first-order valence-electron chi connectivity index (χ1n) is 8.73. The third-order valence-electron chi connectivity index (χ3n) is 4.70. The monoisotopic (exact) mass is 352 g/mol. The second kappa shape index (κ2) is 7.43. The zero-order valence-corrected chi connectivity index (χ0v) is 14.3. The lowest BCUT2D eigenvalue weighted by Gasteiger charge is -2.33. The van der Waals surface area contributed by atoms with E-state index in [9.17, 15) is 4.79 Å². The molecule has 0 bridgehead atoms. The molecule has 1 N–H and O–H groups in total. The van der Waals surface area contributed by atoms with Crippen LogP contribution < -0.4 is 10.2 Å². The van der Waals surface area contributed by atoms with Crippen LogP contribution in [-0.2, 0) is 0 Å². The minimum absolute atomic E-state index is 0.219. The predicted octanol–water partition coefficient (Wildman–Crippen LogP) is 2.98. The molecule has 0 aromatic carbocycles. The molecular formula is C19H20N4O3. The molecule has 0 radical (unpaired) electrons. The molecule has 1 amide bonds. The van der Waals surface area contributed by atoms with E-state index in [1.807, 2.05) is 24.5 Å². The number of furan rings is 1. The lowest BCUT2D eigenvalue weighted by atomic mass is 9.96. The molecule has 0 atom stereocenters. The zero-order chi connectivity index (χ0) is 17.8. The molecule has 1 aliphatic heterocycles. The van der Waals surface area contributed by atoms with E-state index < -0.39 is 0 Å². The number of piperidine rings is 1. The van der Waals surface area contributed by atoms with Gasteiger partial charge in [-0.15, -0.1) is 0 Å². The minimum atomic E-state index is -0.219. The first kappa shape index (κ1) is 16.4. The molecule has 0 unspecified atom stereocenters. The third-order valence-corrected chi connectivity index (χ3v) is 4.70. The van der Waals surface area contributed by atoms with E-state index in [1.54, 1.807) is 24.5 Å². The third kappa shape index (κ3) is 3.61. The van der Waals surface area contributed by atoms with Crippen molar-refractivity contribution >= 4 is 11.6 Å². The van der Waals surface area contributed by atoms with Crippen molar-refractivity contribution in [3.8, 4) is 11.5 Å². The second-order valence-electron chi connectivity index (χ2n) is 6.40. The Kier molecular flexibility index (Phi) is 4.68. The lowest BCUT2D eigenvalue weighted by Crippen LogP contribution is -2.38. The predicted molar refractivity (Wildman–Crippen MR) is 95.7 cm³/mol. The van der Waals surface area contributed by atoms with Gasteiger partial charge in [0.05, 0.1) is 6.26 Å². The highest BCUT2D eigenvalue weighted by Crippen LogP contribution is 2.23. The molecule has 1 fully saturated rings. The van der Waals surface area contributed by atoms with E-state index in [0.717, 1.165) is 25.9 Å². The molecule has 0 aliphatic carbocycles. The molecule has 7 nitrogen and oxygen atoms in total. The standard InChI is InChI=1S/C19H20N4O3/c24-19(16-12-18(26-22-16)17-2-1-11-25-17)21-13-14-5-9-23(10-6-14)15-3-7-20-8-4-15/h1-4,7-8,11-12,14H,5-6,9-10,13H2,(H,21,24). The van der Waals surface area contributed by atoms with Crippen LogP contribution in [0.1, 0.15) is 23.3 Å². The number of amides is 1. The van der Waals surface area contributed by atoms with Crippen molar-refractivity contribution < 1.29 is 13.7 Å². The number of rotatable bonds is 5. The molecule has 0 spiro atoms. The summed E-state index contributed by atoms with van der Waals surface area (Å²) in [4.78, 5) is 18.7. The number of nitrogens with zero attached hydrogens (tertiary/aromatic N) is 3. The van der Waals surface area contributed by atoms with Crippen molar-refractivity contribution in [2.45, 2.75) is 12.8 Å². The fourth-order valence-corrected chi connectivity index (χ4v) is 3.19. The van der Waals surface area contributed by atoms with Gasteiger partial charge in [0.1, 0.15) is 0 Å². The van der Waals surface area contributed by atoms with Gasteiger partial charge in [-0.3, -0.25) is 9.78 Å². The van der Waals surface area contributed by atoms with Crippen molar-refractivity contribution in [1.82, 2.24) is 15.5 Å². The van der Waals surface area contributed by atoms with Crippen LogP contribution in [0.5, 0.6) is 0 Å². The average Bonchev–Trinajstić information content (AvgIpc) is 3.39. The minimum Gasteiger partial charge on any atom is -0.461 e. The van der Waals surface area contributed by atoms with Crippen molar-refractivity contribution in [3.05, 3.63) is 54.7 Å². The normalized spacial score (nSPS) is 15.2. The van der Waals surface area contributed by atoms with E-state index in [4.69, 9.17) is 8.94 Å². The van der Waals surface area contributed by atoms with Crippen molar-refractivity contribution in [3.63, 3.8) is 0 Å². The number of carbonyl (C=O) groups excluding carboxylic acids is 1. The van der Waals surface area contributed by atoms with Crippen LogP contribution in [0.4, 0.5) is 5.69 Å². The maximum atomic E-state index is 12.3. The SMILES string of the molecule is O=C(NCC1CCN(c2ccncc2)CC1)c1cc(-c2ccco2)on1. The fraction of sp³-hybridized carbons (Fsp3) is 0.316. The average molecular weight is 352 g/mol. The Morgan fingerprint density at radius 3 is 2.73 bits per heavy atom. The molecule has 1 aliphatic rings. The van der Waals surface area contributed by atoms with Crippen molar-refractivity contribution in [2.24, 2.45) is 5.92 Å². The van der Waals surface area contributed by atoms with Crippen LogP contribution in [0.2, 0.25) is 0 Å². The van der Waals surface area contributed by atoms with E-state index in [2.05, 4.69) is 20.4 Å². The molecule has 3 aromatic rings. The van der Waals surface area contributed by atoms with E-state index in [-0.39, 0.29) is 11.6 Å². The summed E-state index contributed by atoms with van der Waals surface area (Å²) < 4.78 is 10.4.